The Kier molecular flexibility index (Phi) is 4.12. The van der Waals surface area contributed by atoms with Gasteiger partial charge in [0.15, 0.2) is 0 Å². The van der Waals surface area contributed by atoms with Crippen molar-refractivity contribution in [3.05, 3.63) is 57.8 Å². The fourth-order valence-corrected chi connectivity index (χ4v) is 2.48. The lowest BCUT2D eigenvalue weighted by Crippen LogP contribution is -2.30. The third-order valence-corrected chi connectivity index (χ3v) is 3.65. The predicted molar refractivity (Wildman–Crippen MR) is 72.8 cm³/mol. The van der Waals surface area contributed by atoms with Crippen LogP contribution in [-0.2, 0) is 0 Å². The van der Waals surface area contributed by atoms with Crippen LogP contribution in [0, 0.1) is 6.92 Å². The lowest BCUT2D eigenvalue weighted by molar-refractivity contribution is 0.0920. The highest BCUT2D eigenvalue weighted by atomic mass is 32.1. The fourth-order valence-electron chi connectivity index (χ4n) is 1.71. The first-order valence-corrected chi connectivity index (χ1v) is 6.55. The van der Waals surface area contributed by atoms with E-state index in [0.717, 1.165) is 10.4 Å². The summed E-state index contributed by atoms with van der Waals surface area (Å²) in [6.45, 7) is 1.85. The van der Waals surface area contributed by atoms with Crippen LogP contribution in [0.1, 0.15) is 26.2 Å². The lowest BCUT2D eigenvalue weighted by atomic mass is 10.1. The SMILES string of the molecule is Cc1ccc(C(=O)N[C@H](CO)c2ccccc2)s1. The number of carbonyl (C=O) groups is 1. The van der Waals surface area contributed by atoms with Crippen molar-refractivity contribution in [3.63, 3.8) is 0 Å². The quantitative estimate of drug-likeness (QED) is 0.888. The van der Waals surface area contributed by atoms with Gasteiger partial charge in [-0.1, -0.05) is 30.3 Å². The van der Waals surface area contributed by atoms with Crippen LogP contribution in [0.3, 0.4) is 0 Å². The summed E-state index contributed by atoms with van der Waals surface area (Å²) in [5.41, 5.74) is 0.904. The molecule has 0 unspecified atom stereocenters. The van der Waals surface area contributed by atoms with E-state index in [1.165, 1.54) is 11.3 Å². The average molecular weight is 261 g/mol. The second kappa shape index (κ2) is 5.80. The molecule has 94 valence electrons. The third-order valence-electron chi connectivity index (χ3n) is 2.65. The molecule has 0 fully saturated rings. The molecular weight excluding hydrogens is 246 g/mol. The predicted octanol–water partition coefficient (Wildman–Crippen LogP) is 2.52. The Morgan fingerprint density at radius 3 is 2.56 bits per heavy atom. The maximum Gasteiger partial charge on any atom is 0.261 e. The molecule has 0 spiro atoms. The van der Waals surface area contributed by atoms with E-state index in [4.69, 9.17) is 0 Å². The van der Waals surface area contributed by atoms with E-state index in [9.17, 15) is 9.90 Å². The van der Waals surface area contributed by atoms with Gasteiger partial charge in [0.2, 0.25) is 0 Å². The highest BCUT2D eigenvalue weighted by Crippen LogP contribution is 2.17. The highest BCUT2D eigenvalue weighted by Gasteiger charge is 2.15. The molecule has 4 heteroatoms. The smallest absolute Gasteiger partial charge is 0.261 e. The summed E-state index contributed by atoms with van der Waals surface area (Å²) in [4.78, 5) is 13.8. The van der Waals surface area contributed by atoms with Gasteiger partial charge >= 0.3 is 0 Å². The van der Waals surface area contributed by atoms with Crippen molar-refractivity contribution >= 4 is 17.2 Å². The normalized spacial score (nSPS) is 12.1. The third kappa shape index (κ3) is 2.97. The number of aliphatic hydroxyl groups excluding tert-OH is 1. The molecule has 0 aliphatic heterocycles. The molecule has 2 aromatic rings. The zero-order chi connectivity index (χ0) is 13.0. The summed E-state index contributed by atoms with van der Waals surface area (Å²) in [5.74, 6) is -0.143. The van der Waals surface area contributed by atoms with Crippen LogP contribution < -0.4 is 5.32 Å². The van der Waals surface area contributed by atoms with Crippen molar-refractivity contribution in [2.24, 2.45) is 0 Å². The average Bonchev–Trinajstić information content (AvgIpc) is 2.83. The molecular formula is C14H15NO2S. The van der Waals surface area contributed by atoms with Crippen LogP contribution in [0.4, 0.5) is 0 Å². The number of benzene rings is 1. The van der Waals surface area contributed by atoms with E-state index < -0.39 is 0 Å². The van der Waals surface area contributed by atoms with Crippen molar-refractivity contribution in [2.45, 2.75) is 13.0 Å². The fraction of sp³-hybridized carbons (Fsp3) is 0.214. The number of amides is 1. The summed E-state index contributed by atoms with van der Waals surface area (Å²) >= 11 is 1.45. The van der Waals surface area contributed by atoms with Crippen molar-refractivity contribution in [3.8, 4) is 0 Å². The molecule has 3 nitrogen and oxygen atoms in total. The standard InChI is InChI=1S/C14H15NO2S/c1-10-7-8-13(18-10)14(17)15-12(9-16)11-5-3-2-4-6-11/h2-8,12,16H,9H2,1H3,(H,15,17)/t12-/m1/s1. The van der Waals surface area contributed by atoms with Crippen molar-refractivity contribution < 1.29 is 9.90 Å². The van der Waals surface area contributed by atoms with E-state index in [2.05, 4.69) is 5.32 Å². The minimum absolute atomic E-state index is 0.111. The van der Waals surface area contributed by atoms with Crippen molar-refractivity contribution in [1.82, 2.24) is 5.32 Å². The molecule has 0 saturated carbocycles. The van der Waals surface area contributed by atoms with Gasteiger partial charge in [0, 0.05) is 4.88 Å². The van der Waals surface area contributed by atoms with Crippen LogP contribution in [-0.4, -0.2) is 17.6 Å². The minimum atomic E-state index is -0.360. The van der Waals surface area contributed by atoms with E-state index >= 15 is 0 Å². The Morgan fingerprint density at radius 2 is 2.00 bits per heavy atom. The molecule has 1 aromatic heterocycles. The molecule has 2 rings (SSSR count). The number of thiophene rings is 1. The topological polar surface area (TPSA) is 49.3 Å². The second-order valence-electron chi connectivity index (χ2n) is 4.03. The minimum Gasteiger partial charge on any atom is -0.394 e. The first-order valence-electron chi connectivity index (χ1n) is 5.74. The first-order chi connectivity index (χ1) is 8.70. The first kappa shape index (κ1) is 12.8. The van der Waals surface area contributed by atoms with Crippen LogP contribution in [0.15, 0.2) is 42.5 Å². The van der Waals surface area contributed by atoms with E-state index in [0.29, 0.717) is 4.88 Å². The summed E-state index contributed by atoms with van der Waals surface area (Å²) in [6, 6.07) is 12.8. The highest BCUT2D eigenvalue weighted by molar-refractivity contribution is 7.13. The van der Waals surface area contributed by atoms with Gasteiger partial charge in [0.05, 0.1) is 17.5 Å². The molecule has 0 aliphatic rings. The maximum atomic E-state index is 12.0. The number of hydrogen-bond donors (Lipinski definition) is 2. The molecule has 0 bridgehead atoms. The van der Waals surface area contributed by atoms with Gasteiger partial charge in [-0.2, -0.15) is 0 Å². The zero-order valence-electron chi connectivity index (χ0n) is 10.1. The molecule has 0 radical (unpaired) electrons. The van der Waals surface area contributed by atoms with Gasteiger partial charge in [-0.15, -0.1) is 11.3 Å². The Balaban J connectivity index is 2.10. The summed E-state index contributed by atoms with van der Waals surface area (Å²) in [6.07, 6.45) is 0. The Morgan fingerprint density at radius 1 is 1.28 bits per heavy atom. The molecule has 1 heterocycles. The van der Waals surface area contributed by atoms with Crippen molar-refractivity contribution in [2.75, 3.05) is 6.61 Å². The zero-order valence-corrected chi connectivity index (χ0v) is 10.9. The number of rotatable bonds is 4. The number of aliphatic hydroxyl groups is 1. The van der Waals surface area contributed by atoms with Crippen LogP contribution >= 0.6 is 11.3 Å². The lowest BCUT2D eigenvalue weighted by Gasteiger charge is -2.16. The second-order valence-corrected chi connectivity index (χ2v) is 5.32. The Labute approximate surface area is 110 Å². The van der Waals surface area contributed by atoms with Crippen molar-refractivity contribution in [1.29, 1.82) is 0 Å². The molecule has 1 amide bonds. The summed E-state index contributed by atoms with van der Waals surface area (Å²) in [7, 11) is 0. The number of hydrogen-bond acceptors (Lipinski definition) is 3. The Bertz CT molecular complexity index is 522. The molecule has 0 saturated heterocycles. The molecule has 2 N–H and O–H groups in total. The number of aryl methyl sites for hydroxylation is 1. The maximum absolute atomic E-state index is 12.0. The van der Waals surface area contributed by atoms with E-state index in [-0.39, 0.29) is 18.6 Å². The molecule has 1 atom stereocenters. The van der Waals surface area contributed by atoms with Gasteiger partial charge in [-0.25, -0.2) is 0 Å². The Hall–Kier alpha value is -1.65. The largest absolute Gasteiger partial charge is 0.394 e. The monoisotopic (exact) mass is 261 g/mol. The number of carbonyl (C=O) groups excluding carboxylic acids is 1. The van der Waals surface area contributed by atoms with Gasteiger partial charge < -0.3 is 10.4 Å². The van der Waals surface area contributed by atoms with Crippen LogP contribution in [0.2, 0.25) is 0 Å². The summed E-state index contributed by atoms with van der Waals surface area (Å²) < 4.78 is 0. The molecule has 18 heavy (non-hydrogen) atoms. The van der Waals surface area contributed by atoms with E-state index in [1.54, 1.807) is 6.07 Å². The molecule has 0 aliphatic carbocycles. The molecule has 1 aromatic carbocycles. The van der Waals surface area contributed by atoms with E-state index in [1.807, 2.05) is 43.3 Å². The summed E-state index contributed by atoms with van der Waals surface area (Å²) in [5, 5.41) is 12.2. The van der Waals surface area contributed by atoms with Crippen LogP contribution in [0.25, 0.3) is 0 Å². The van der Waals surface area contributed by atoms with Gasteiger partial charge in [-0.05, 0) is 24.6 Å². The van der Waals surface area contributed by atoms with Gasteiger partial charge in [0.1, 0.15) is 0 Å². The van der Waals surface area contributed by atoms with Crippen LogP contribution in [0.5, 0.6) is 0 Å². The van der Waals surface area contributed by atoms with Gasteiger partial charge in [-0.3, -0.25) is 4.79 Å². The number of nitrogens with one attached hydrogen (secondary N) is 1. The van der Waals surface area contributed by atoms with Gasteiger partial charge in [0.25, 0.3) is 5.91 Å².